The Kier molecular flexibility index (Phi) is 7.63. The summed E-state index contributed by atoms with van der Waals surface area (Å²) in [4.78, 5) is 16.1. The molecule has 0 fully saturated rings. The number of nitrogens with zero attached hydrogens (tertiary/aromatic N) is 4. The molecule has 1 aromatic carbocycles. The minimum absolute atomic E-state index is 0.0995. The van der Waals surface area contributed by atoms with Crippen LogP contribution in [-0.2, 0) is 6.54 Å². The first-order valence-corrected chi connectivity index (χ1v) is 11.7. The summed E-state index contributed by atoms with van der Waals surface area (Å²) >= 11 is 0. The molecule has 1 aliphatic heterocycles. The number of hydrogen-bond donors (Lipinski definition) is 3. The topological polar surface area (TPSA) is 99.6 Å². The van der Waals surface area contributed by atoms with Gasteiger partial charge in [0.25, 0.3) is 5.56 Å². The molecule has 0 atom stereocenters. The number of hydrazine groups is 2. The van der Waals surface area contributed by atoms with Gasteiger partial charge >= 0.3 is 6.18 Å². The highest BCUT2D eigenvalue weighted by atomic mass is 19.4. The molecule has 36 heavy (non-hydrogen) atoms. The molecule has 0 saturated heterocycles. The largest absolute Gasteiger partial charge is 0.494 e. The number of hydrazone groups is 1. The van der Waals surface area contributed by atoms with Crippen molar-refractivity contribution in [2.75, 3.05) is 13.7 Å². The van der Waals surface area contributed by atoms with Crippen molar-refractivity contribution in [2.45, 2.75) is 45.3 Å². The number of alkyl halides is 3. The highest BCUT2D eigenvalue weighted by Gasteiger charge is 2.26. The van der Waals surface area contributed by atoms with Crippen molar-refractivity contribution in [3.8, 4) is 28.3 Å². The maximum atomic E-state index is 13.2. The third-order valence-corrected chi connectivity index (χ3v) is 5.63. The monoisotopic (exact) mass is 503 g/mol. The van der Waals surface area contributed by atoms with Crippen molar-refractivity contribution in [3.05, 3.63) is 58.5 Å². The molecule has 12 heteroatoms. The first-order valence-electron chi connectivity index (χ1n) is 11.7. The molecule has 2 aromatic heterocycles. The number of nitrogens with one attached hydrogen (secondary N) is 3. The van der Waals surface area contributed by atoms with Crippen molar-refractivity contribution in [1.82, 2.24) is 30.8 Å². The smallest absolute Gasteiger partial charge is 0.389 e. The van der Waals surface area contributed by atoms with Gasteiger partial charge in [0.1, 0.15) is 5.75 Å². The number of aryl methyl sites for hydroxylation is 1. The summed E-state index contributed by atoms with van der Waals surface area (Å²) in [5, 5.41) is 10.3. The highest BCUT2D eigenvalue weighted by Crippen LogP contribution is 2.27. The number of unbranched alkanes of at least 4 members (excludes halogenated alkanes) is 2. The number of aromatic amines is 1. The Morgan fingerprint density at radius 3 is 2.50 bits per heavy atom. The lowest BCUT2D eigenvalue weighted by Crippen LogP contribution is -2.39. The SMILES string of the molecule is CCn1ccc(-c2cc(-c3ccc(OCCCCCC(F)(F)F)cc3)[nH]c(=O)c2C2=NNN(C)N2)n1. The Balaban J connectivity index is 1.51. The minimum Gasteiger partial charge on any atom is -0.494 e. The van der Waals surface area contributed by atoms with Gasteiger partial charge in [-0.15, -0.1) is 10.2 Å². The summed E-state index contributed by atoms with van der Waals surface area (Å²) in [5.74, 6) is 0.986. The lowest BCUT2D eigenvalue weighted by molar-refractivity contribution is -0.135. The fraction of sp³-hybridized carbons (Fsp3) is 0.375. The average molecular weight is 504 g/mol. The Morgan fingerprint density at radius 1 is 1.08 bits per heavy atom. The second-order valence-corrected chi connectivity index (χ2v) is 8.39. The number of amidine groups is 1. The van der Waals surface area contributed by atoms with Crippen LogP contribution < -0.4 is 21.3 Å². The summed E-state index contributed by atoms with van der Waals surface area (Å²) in [5.41, 5.74) is 8.42. The van der Waals surface area contributed by atoms with E-state index in [4.69, 9.17) is 4.74 Å². The lowest BCUT2D eigenvalue weighted by atomic mass is 10.0. The van der Waals surface area contributed by atoms with E-state index in [0.29, 0.717) is 60.1 Å². The van der Waals surface area contributed by atoms with Gasteiger partial charge in [-0.2, -0.15) is 18.3 Å². The Morgan fingerprint density at radius 2 is 1.86 bits per heavy atom. The molecule has 4 rings (SSSR count). The zero-order chi connectivity index (χ0) is 25.7. The maximum Gasteiger partial charge on any atom is 0.389 e. The molecule has 0 amide bonds. The number of pyridine rings is 1. The van der Waals surface area contributed by atoms with Gasteiger partial charge < -0.3 is 9.72 Å². The van der Waals surface area contributed by atoms with E-state index in [1.807, 2.05) is 37.4 Å². The Hall–Kier alpha value is -3.80. The summed E-state index contributed by atoms with van der Waals surface area (Å²) in [6.45, 7) is 3.01. The Labute approximate surface area is 205 Å². The molecule has 0 bridgehead atoms. The third kappa shape index (κ3) is 6.25. The van der Waals surface area contributed by atoms with Gasteiger partial charge in [-0.1, -0.05) is 0 Å². The van der Waals surface area contributed by atoms with Crippen LogP contribution in [0.3, 0.4) is 0 Å². The molecule has 0 unspecified atom stereocenters. The summed E-state index contributed by atoms with van der Waals surface area (Å²) in [7, 11) is 1.73. The van der Waals surface area contributed by atoms with Gasteiger partial charge in [0.05, 0.1) is 17.9 Å². The second kappa shape index (κ2) is 10.9. The van der Waals surface area contributed by atoms with Crippen LogP contribution in [0.2, 0.25) is 0 Å². The van der Waals surface area contributed by atoms with E-state index in [-0.39, 0.29) is 12.0 Å². The fourth-order valence-electron chi connectivity index (χ4n) is 3.80. The number of ether oxygens (including phenoxy) is 1. The van der Waals surface area contributed by atoms with E-state index in [1.54, 1.807) is 23.9 Å². The zero-order valence-electron chi connectivity index (χ0n) is 20.0. The predicted octanol–water partition coefficient (Wildman–Crippen LogP) is 4.04. The van der Waals surface area contributed by atoms with Gasteiger partial charge in [-0.3, -0.25) is 14.9 Å². The van der Waals surface area contributed by atoms with Crippen LogP contribution in [0.4, 0.5) is 13.2 Å². The predicted molar refractivity (Wildman–Crippen MR) is 130 cm³/mol. The van der Waals surface area contributed by atoms with Crippen LogP contribution in [0.25, 0.3) is 22.5 Å². The molecule has 0 aliphatic carbocycles. The number of aromatic nitrogens is 3. The van der Waals surface area contributed by atoms with Crippen molar-refractivity contribution >= 4 is 5.84 Å². The third-order valence-electron chi connectivity index (χ3n) is 5.63. The van der Waals surface area contributed by atoms with E-state index >= 15 is 0 Å². The number of hydrogen-bond acceptors (Lipinski definition) is 7. The average Bonchev–Trinajstić information content (AvgIpc) is 3.49. The van der Waals surface area contributed by atoms with E-state index in [9.17, 15) is 18.0 Å². The highest BCUT2D eigenvalue weighted by molar-refractivity contribution is 6.04. The molecule has 0 radical (unpaired) electrons. The van der Waals surface area contributed by atoms with E-state index in [2.05, 4.69) is 26.1 Å². The van der Waals surface area contributed by atoms with Crippen LogP contribution in [0.1, 0.15) is 38.2 Å². The van der Waals surface area contributed by atoms with Crippen molar-refractivity contribution in [3.63, 3.8) is 0 Å². The van der Waals surface area contributed by atoms with Crippen LogP contribution >= 0.6 is 0 Å². The number of H-pyrrole nitrogens is 1. The van der Waals surface area contributed by atoms with Gasteiger partial charge in [0, 0.05) is 37.5 Å². The van der Waals surface area contributed by atoms with Gasteiger partial charge in [0.15, 0.2) is 5.84 Å². The first kappa shape index (κ1) is 25.3. The fourth-order valence-corrected chi connectivity index (χ4v) is 3.80. The van der Waals surface area contributed by atoms with E-state index in [1.165, 1.54) is 5.12 Å². The standard InChI is InChI=1S/C24H28F3N7O2/c1-3-34-13-11-19(30-34)18-15-20(28-23(35)21(18)22-29-32-33(2)31-22)16-7-9-17(10-8-16)36-14-6-4-5-12-24(25,26)27/h7-11,13,15,32H,3-6,12,14H2,1-2H3,(H,28,35)(H,29,31). The minimum atomic E-state index is -4.11. The van der Waals surface area contributed by atoms with Crippen LogP contribution in [-0.4, -0.2) is 45.5 Å². The summed E-state index contributed by atoms with van der Waals surface area (Å²) in [6, 6.07) is 10.9. The van der Waals surface area contributed by atoms with Crippen LogP contribution in [0.15, 0.2) is 52.5 Å². The maximum absolute atomic E-state index is 13.2. The number of benzene rings is 1. The van der Waals surface area contributed by atoms with E-state index < -0.39 is 12.6 Å². The molecule has 3 aromatic rings. The van der Waals surface area contributed by atoms with E-state index in [0.717, 1.165) is 5.56 Å². The second-order valence-electron chi connectivity index (χ2n) is 8.39. The molecule has 3 N–H and O–H groups in total. The normalized spacial score (nSPS) is 13.9. The molecular weight excluding hydrogens is 475 g/mol. The molecular formula is C24H28F3N7O2. The lowest BCUT2D eigenvalue weighted by Gasteiger charge is -2.12. The zero-order valence-corrected chi connectivity index (χ0v) is 20.0. The van der Waals surface area contributed by atoms with Gasteiger partial charge in [0.2, 0.25) is 0 Å². The molecule has 0 spiro atoms. The van der Waals surface area contributed by atoms with Crippen LogP contribution in [0, 0.1) is 0 Å². The van der Waals surface area contributed by atoms with Crippen LogP contribution in [0.5, 0.6) is 5.75 Å². The van der Waals surface area contributed by atoms with Crippen molar-refractivity contribution in [1.29, 1.82) is 0 Å². The van der Waals surface area contributed by atoms with Gasteiger partial charge in [-0.25, -0.2) is 5.53 Å². The Bertz CT molecular complexity index is 1270. The quantitative estimate of drug-likeness (QED) is 0.361. The van der Waals surface area contributed by atoms with Gasteiger partial charge in [-0.05, 0) is 68.1 Å². The summed E-state index contributed by atoms with van der Waals surface area (Å²) < 4.78 is 44.1. The molecule has 3 heterocycles. The molecule has 9 nitrogen and oxygen atoms in total. The molecule has 0 saturated carbocycles. The number of rotatable bonds is 10. The molecule has 192 valence electrons. The number of halogens is 3. The van der Waals surface area contributed by atoms with Crippen molar-refractivity contribution < 1.29 is 17.9 Å². The molecule has 1 aliphatic rings. The van der Waals surface area contributed by atoms with Crippen molar-refractivity contribution in [2.24, 2.45) is 5.10 Å². The summed E-state index contributed by atoms with van der Waals surface area (Å²) in [6.07, 6.45) is -1.93. The first-order chi connectivity index (χ1) is 17.2.